The molecule has 1 aromatic carbocycles. The zero-order chi connectivity index (χ0) is 13.1. The Hall–Kier alpha value is -0.540. The topological polar surface area (TPSA) is 21.3 Å². The van der Waals surface area contributed by atoms with E-state index in [4.69, 9.17) is 4.74 Å². The maximum absolute atomic E-state index is 5.39. The third kappa shape index (κ3) is 2.89. The summed E-state index contributed by atoms with van der Waals surface area (Å²) in [5.74, 6) is 1.71. The molecule has 0 saturated carbocycles. The van der Waals surface area contributed by atoms with Crippen molar-refractivity contribution in [3.63, 3.8) is 0 Å². The Morgan fingerprint density at radius 2 is 2.22 bits per heavy atom. The van der Waals surface area contributed by atoms with E-state index in [1.165, 1.54) is 42.5 Å². The van der Waals surface area contributed by atoms with E-state index in [0.29, 0.717) is 0 Å². The van der Waals surface area contributed by atoms with Crippen LogP contribution in [0.15, 0.2) is 10.5 Å². The predicted octanol–water partition coefficient (Wildman–Crippen LogP) is 3.62. The Bertz CT molecular complexity index is 425. The van der Waals surface area contributed by atoms with Gasteiger partial charge in [0.15, 0.2) is 0 Å². The molecule has 100 valence electrons. The first-order valence-corrected chi connectivity index (χ1v) is 7.46. The monoisotopic (exact) mass is 311 g/mol. The standard InChI is InChI=1S/C15H22BrNO/c1-10-7-14(18-3)15(16)11(2)13(10)8-12-5-4-6-17-9-12/h7,12,17H,4-6,8-9H2,1-3H3. The normalized spacial score (nSPS) is 19.9. The second kappa shape index (κ2) is 6.07. The van der Waals surface area contributed by atoms with Gasteiger partial charge < -0.3 is 10.1 Å². The number of methoxy groups -OCH3 is 1. The van der Waals surface area contributed by atoms with Crippen molar-refractivity contribution in [2.24, 2.45) is 5.92 Å². The van der Waals surface area contributed by atoms with E-state index in [1.807, 2.05) is 0 Å². The molecule has 0 bridgehead atoms. The van der Waals surface area contributed by atoms with Crippen LogP contribution in [0.4, 0.5) is 0 Å². The summed E-state index contributed by atoms with van der Waals surface area (Å²) in [6.07, 6.45) is 3.82. The van der Waals surface area contributed by atoms with Gasteiger partial charge in [-0.25, -0.2) is 0 Å². The Morgan fingerprint density at radius 1 is 1.44 bits per heavy atom. The lowest BCUT2D eigenvalue weighted by molar-refractivity contribution is 0.374. The van der Waals surface area contributed by atoms with Crippen LogP contribution in [-0.2, 0) is 6.42 Å². The van der Waals surface area contributed by atoms with Gasteiger partial charge in [0.25, 0.3) is 0 Å². The van der Waals surface area contributed by atoms with Gasteiger partial charge in [-0.15, -0.1) is 0 Å². The largest absolute Gasteiger partial charge is 0.496 e. The molecule has 0 radical (unpaired) electrons. The van der Waals surface area contributed by atoms with Crippen molar-refractivity contribution in [2.75, 3.05) is 20.2 Å². The number of hydrogen-bond acceptors (Lipinski definition) is 2. The van der Waals surface area contributed by atoms with Gasteiger partial charge in [0, 0.05) is 0 Å². The molecular formula is C15H22BrNO. The number of nitrogens with one attached hydrogen (secondary N) is 1. The third-order valence-corrected chi connectivity index (χ3v) is 4.92. The second-order valence-corrected chi connectivity index (χ2v) is 6.02. The summed E-state index contributed by atoms with van der Waals surface area (Å²) in [6.45, 7) is 6.71. The molecule has 1 aliphatic heterocycles. The van der Waals surface area contributed by atoms with E-state index in [-0.39, 0.29) is 0 Å². The summed E-state index contributed by atoms with van der Waals surface area (Å²) < 4.78 is 6.50. The minimum Gasteiger partial charge on any atom is -0.496 e. The fraction of sp³-hybridized carbons (Fsp3) is 0.600. The van der Waals surface area contributed by atoms with Gasteiger partial charge in [0.1, 0.15) is 5.75 Å². The number of aryl methyl sites for hydroxylation is 1. The molecule has 1 aromatic rings. The minimum atomic E-state index is 0.774. The molecule has 3 heteroatoms. The highest BCUT2D eigenvalue weighted by Gasteiger charge is 2.18. The van der Waals surface area contributed by atoms with Gasteiger partial charge in [-0.1, -0.05) is 0 Å². The van der Waals surface area contributed by atoms with Crippen LogP contribution in [0.25, 0.3) is 0 Å². The number of hydrogen-bond donors (Lipinski definition) is 1. The van der Waals surface area contributed by atoms with E-state index in [1.54, 1.807) is 7.11 Å². The highest BCUT2D eigenvalue weighted by Crippen LogP contribution is 2.34. The molecule has 1 fully saturated rings. The molecule has 1 heterocycles. The minimum absolute atomic E-state index is 0.774. The second-order valence-electron chi connectivity index (χ2n) is 5.23. The maximum Gasteiger partial charge on any atom is 0.133 e. The van der Waals surface area contributed by atoms with Crippen LogP contribution in [-0.4, -0.2) is 20.2 Å². The molecule has 2 nitrogen and oxygen atoms in total. The van der Waals surface area contributed by atoms with Crippen molar-refractivity contribution < 1.29 is 4.74 Å². The molecule has 18 heavy (non-hydrogen) atoms. The van der Waals surface area contributed by atoms with Gasteiger partial charge in [-0.2, -0.15) is 0 Å². The number of halogens is 1. The van der Waals surface area contributed by atoms with Crippen LogP contribution < -0.4 is 10.1 Å². The molecule has 1 N–H and O–H groups in total. The van der Waals surface area contributed by atoms with Crippen LogP contribution >= 0.6 is 15.9 Å². The number of rotatable bonds is 3. The molecule has 1 atom stereocenters. The van der Waals surface area contributed by atoms with Crippen LogP contribution in [0, 0.1) is 19.8 Å². The number of ether oxygens (including phenoxy) is 1. The summed E-state index contributed by atoms with van der Waals surface area (Å²) in [7, 11) is 1.73. The van der Waals surface area contributed by atoms with Crippen molar-refractivity contribution in [2.45, 2.75) is 33.1 Å². The van der Waals surface area contributed by atoms with Gasteiger partial charge >= 0.3 is 0 Å². The maximum atomic E-state index is 5.39. The van der Waals surface area contributed by atoms with Gasteiger partial charge in [0.05, 0.1) is 11.6 Å². The molecule has 0 spiro atoms. The van der Waals surface area contributed by atoms with E-state index in [9.17, 15) is 0 Å². The molecule has 1 saturated heterocycles. The van der Waals surface area contributed by atoms with Crippen molar-refractivity contribution in [1.29, 1.82) is 0 Å². The Kier molecular flexibility index (Phi) is 4.68. The number of piperidine rings is 1. The van der Waals surface area contributed by atoms with E-state index >= 15 is 0 Å². The predicted molar refractivity (Wildman–Crippen MR) is 79.5 cm³/mol. The summed E-state index contributed by atoms with van der Waals surface area (Å²) in [6, 6.07) is 2.14. The average Bonchev–Trinajstić information content (AvgIpc) is 2.40. The van der Waals surface area contributed by atoms with Gasteiger partial charge in [-0.05, 0) is 90.8 Å². The Labute approximate surface area is 118 Å². The molecule has 0 aromatic heterocycles. The summed E-state index contributed by atoms with van der Waals surface area (Å²) in [4.78, 5) is 0. The smallest absolute Gasteiger partial charge is 0.133 e. The Balaban J connectivity index is 2.24. The van der Waals surface area contributed by atoms with Crippen molar-refractivity contribution in [3.05, 3.63) is 27.2 Å². The van der Waals surface area contributed by atoms with Crippen LogP contribution in [0.2, 0.25) is 0 Å². The fourth-order valence-electron chi connectivity index (χ4n) is 2.81. The number of benzene rings is 1. The summed E-state index contributed by atoms with van der Waals surface area (Å²) >= 11 is 3.65. The van der Waals surface area contributed by atoms with E-state index < -0.39 is 0 Å². The first-order valence-electron chi connectivity index (χ1n) is 6.66. The molecular weight excluding hydrogens is 290 g/mol. The lowest BCUT2D eigenvalue weighted by atomic mass is 9.88. The molecule has 1 unspecified atom stereocenters. The van der Waals surface area contributed by atoms with E-state index in [2.05, 4.69) is 41.2 Å². The van der Waals surface area contributed by atoms with Crippen LogP contribution in [0.3, 0.4) is 0 Å². The van der Waals surface area contributed by atoms with Crippen LogP contribution in [0.5, 0.6) is 5.75 Å². The lowest BCUT2D eigenvalue weighted by Crippen LogP contribution is -2.31. The summed E-state index contributed by atoms with van der Waals surface area (Å²) in [5.41, 5.74) is 4.16. The average molecular weight is 312 g/mol. The molecule has 0 amide bonds. The highest BCUT2D eigenvalue weighted by atomic mass is 79.9. The highest BCUT2D eigenvalue weighted by molar-refractivity contribution is 9.10. The quantitative estimate of drug-likeness (QED) is 0.920. The Morgan fingerprint density at radius 3 is 2.83 bits per heavy atom. The van der Waals surface area contributed by atoms with Crippen LogP contribution in [0.1, 0.15) is 29.5 Å². The zero-order valence-corrected chi connectivity index (χ0v) is 13.1. The first kappa shape index (κ1) is 13.9. The first-order chi connectivity index (χ1) is 8.63. The van der Waals surface area contributed by atoms with E-state index in [0.717, 1.165) is 22.7 Å². The fourth-order valence-corrected chi connectivity index (χ4v) is 3.33. The van der Waals surface area contributed by atoms with Crippen molar-refractivity contribution in [3.8, 4) is 5.75 Å². The SMILES string of the molecule is COc1cc(C)c(CC2CCCNC2)c(C)c1Br. The van der Waals surface area contributed by atoms with Gasteiger partial charge in [0.2, 0.25) is 0 Å². The summed E-state index contributed by atoms with van der Waals surface area (Å²) in [5, 5.41) is 3.49. The lowest BCUT2D eigenvalue weighted by Gasteiger charge is -2.25. The molecule has 2 rings (SSSR count). The van der Waals surface area contributed by atoms with Crippen molar-refractivity contribution >= 4 is 15.9 Å². The molecule has 1 aliphatic rings. The van der Waals surface area contributed by atoms with Crippen molar-refractivity contribution in [1.82, 2.24) is 5.32 Å². The van der Waals surface area contributed by atoms with Gasteiger partial charge in [-0.3, -0.25) is 0 Å². The third-order valence-electron chi connectivity index (χ3n) is 3.93. The molecule has 0 aliphatic carbocycles. The zero-order valence-electron chi connectivity index (χ0n) is 11.5.